The Morgan fingerprint density at radius 1 is 0.633 bits per heavy atom. The number of allylic oxidation sites excluding steroid dienone is 4. The minimum atomic E-state index is -0.955. The monoisotopic (exact) mass is 413 g/mol. The van der Waals surface area contributed by atoms with Crippen LogP contribution in [0.1, 0.15) is 117 Å². The molecule has 0 saturated heterocycles. The molecule has 0 aliphatic rings. The fraction of sp³-hybridized carbons (Fsp3) is 0.808. The van der Waals surface area contributed by atoms with E-state index in [1.54, 1.807) is 0 Å². The van der Waals surface area contributed by atoms with E-state index in [1.165, 1.54) is 64.2 Å². The van der Waals surface area contributed by atoms with Gasteiger partial charge in [0.2, 0.25) is 0 Å². The summed E-state index contributed by atoms with van der Waals surface area (Å²) in [4.78, 5) is 13.1. The first-order chi connectivity index (χ1) is 14.2. The van der Waals surface area contributed by atoms with Crippen LogP contribution in [0.5, 0.6) is 0 Å². The number of carboxylic acid groups (broad SMARTS) is 1. The predicted molar refractivity (Wildman–Crippen MR) is 125 cm³/mol. The number of carbonyl (C=O) groups is 1. The molecule has 0 bridgehead atoms. The van der Waals surface area contributed by atoms with Crippen LogP contribution in [0.2, 0.25) is 0 Å². The van der Waals surface area contributed by atoms with Crippen molar-refractivity contribution in [3.8, 4) is 0 Å². The normalized spacial score (nSPS) is 11.6. The summed E-state index contributed by atoms with van der Waals surface area (Å²) in [5.74, 6) is -0.955. The molecule has 0 aliphatic heterocycles. The maximum atomic E-state index is 11.0. The molecule has 0 unspecified atom stereocenters. The van der Waals surface area contributed by atoms with Gasteiger partial charge in [-0.1, -0.05) is 76.7 Å². The van der Waals surface area contributed by atoms with Crippen LogP contribution < -0.4 is 24.0 Å². The van der Waals surface area contributed by atoms with Gasteiger partial charge in [-0.3, -0.25) is 4.90 Å². The molecule has 0 aromatic rings. The summed E-state index contributed by atoms with van der Waals surface area (Å²) >= 11 is 0. The van der Waals surface area contributed by atoms with Crippen molar-refractivity contribution in [3.63, 3.8) is 0 Å². The first kappa shape index (κ1) is 31.7. The first-order valence-electron chi connectivity index (χ1n) is 12.4. The van der Waals surface area contributed by atoms with Gasteiger partial charge in [0.15, 0.2) is 0 Å². The van der Waals surface area contributed by atoms with Crippen LogP contribution in [0.4, 0.5) is 0 Å². The van der Waals surface area contributed by atoms with E-state index in [1.807, 2.05) is 0 Å². The number of carbonyl (C=O) groups excluding carboxylic acids is 1. The van der Waals surface area contributed by atoms with Crippen LogP contribution in [-0.4, -0.2) is 30.5 Å². The summed E-state index contributed by atoms with van der Waals surface area (Å²) in [6.45, 7) is 6.29. The van der Waals surface area contributed by atoms with Crippen molar-refractivity contribution in [1.82, 2.24) is 4.90 Å². The van der Waals surface area contributed by atoms with Crippen molar-refractivity contribution >= 4 is 5.97 Å². The van der Waals surface area contributed by atoms with E-state index < -0.39 is 5.97 Å². The average Bonchev–Trinajstić information content (AvgIpc) is 2.70. The van der Waals surface area contributed by atoms with Crippen molar-refractivity contribution in [1.29, 1.82) is 0 Å². The van der Waals surface area contributed by atoms with E-state index in [9.17, 15) is 9.90 Å². The predicted octanol–water partition coefficient (Wildman–Crippen LogP) is 3.44. The second-order valence-electron chi connectivity index (χ2n) is 8.28. The van der Waals surface area contributed by atoms with Crippen LogP contribution >= 0.6 is 0 Å². The number of carboxylic acids is 1. The van der Waals surface area contributed by atoms with Crippen molar-refractivity contribution in [3.05, 3.63) is 24.3 Å². The largest absolute Gasteiger partial charge is 1.00 e. The van der Waals surface area contributed by atoms with Gasteiger partial charge in [-0.2, -0.15) is 0 Å². The van der Waals surface area contributed by atoms with Gasteiger partial charge in [0, 0.05) is 6.54 Å². The summed E-state index contributed by atoms with van der Waals surface area (Å²) in [6.07, 6.45) is 28.8. The summed E-state index contributed by atoms with van der Waals surface area (Å²) in [7, 11) is 0. The van der Waals surface area contributed by atoms with Gasteiger partial charge in [-0.15, -0.1) is 0 Å². The second kappa shape index (κ2) is 26.5. The Bertz CT molecular complexity index is 380. The first-order valence-corrected chi connectivity index (χ1v) is 12.4. The maximum Gasteiger partial charge on any atom is 1.00 e. The molecule has 0 spiro atoms. The molecule has 0 N–H and O–H groups in total. The molecule has 0 saturated carbocycles. The van der Waals surface area contributed by atoms with Gasteiger partial charge in [0.05, 0.1) is 5.97 Å². The van der Waals surface area contributed by atoms with Gasteiger partial charge < -0.3 is 9.90 Å². The zero-order chi connectivity index (χ0) is 21.4. The SMILES string of the molecule is CCCCCC/C=C/CCCCN(CCCC/C=C/CCCCCC)CC(=O)[O-].[Li+]. The molecule has 3 nitrogen and oxygen atoms in total. The molecule has 0 amide bonds. The van der Waals surface area contributed by atoms with E-state index in [4.69, 9.17) is 0 Å². The summed E-state index contributed by atoms with van der Waals surface area (Å²) < 4.78 is 0. The number of hydrogen-bond acceptors (Lipinski definition) is 3. The molecule has 4 heteroatoms. The molecule has 30 heavy (non-hydrogen) atoms. The molecule has 0 atom stereocenters. The minimum absolute atomic E-state index is 0. The van der Waals surface area contributed by atoms with Crippen LogP contribution in [0.15, 0.2) is 24.3 Å². The molecular formula is C26H48LiNO2. The third-order valence-corrected chi connectivity index (χ3v) is 5.32. The van der Waals surface area contributed by atoms with Crippen LogP contribution in [0.3, 0.4) is 0 Å². The molecule has 170 valence electrons. The Hall–Kier alpha value is -0.493. The molecule has 0 radical (unpaired) electrons. The summed E-state index contributed by atoms with van der Waals surface area (Å²) in [5.41, 5.74) is 0. The van der Waals surface area contributed by atoms with Crippen molar-refractivity contribution < 1.29 is 28.8 Å². The number of nitrogens with zero attached hydrogens (tertiary/aromatic N) is 1. The van der Waals surface area contributed by atoms with Gasteiger partial charge in [-0.25, -0.2) is 0 Å². The molecule has 0 fully saturated rings. The van der Waals surface area contributed by atoms with Crippen molar-refractivity contribution in [2.45, 2.75) is 117 Å². The number of unbranched alkanes of at least 4 members (excludes halogenated alkanes) is 12. The van der Waals surface area contributed by atoms with E-state index >= 15 is 0 Å². The molecule has 0 aliphatic carbocycles. The molecule has 0 heterocycles. The maximum absolute atomic E-state index is 11.0. The van der Waals surface area contributed by atoms with Crippen molar-refractivity contribution in [2.24, 2.45) is 0 Å². The Morgan fingerprint density at radius 2 is 1.00 bits per heavy atom. The smallest absolute Gasteiger partial charge is 0.549 e. The zero-order valence-electron chi connectivity index (χ0n) is 20.5. The Balaban J connectivity index is 0. The third kappa shape index (κ3) is 25.5. The quantitative estimate of drug-likeness (QED) is 0.155. The van der Waals surface area contributed by atoms with Crippen LogP contribution in [-0.2, 0) is 4.79 Å². The summed E-state index contributed by atoms with van der Waals surface area (Å²) in [6, 6.07) is 0. The van der Waals surface area contributed by atoms with E-state index in [2.05, 4.69) is 43.1 Å². The second-order valence-corrected chi connectivity index (χ2v) is 8.28. The summed E-state index contributed by atoms with van der Waals surface area (Å²) in [5, 5.41) is 11.0. The molecule has 0 rings (SSSR count). The van der Waals surface area contributed by atoms with E-state index in [0.29, 0.717) is 0 Å². The van der Waals surface area contributed by atoms with Crippen molar-refractivity contribution in [2.75, 3.05) is 19.6 Å². The number of rotatable bonds is 22. The van der Waals surface area contributed by atoms with E-state index in [0.717, 1.165) is 51.6 Å². The topological polar surface area (TPSA) is 43.4 Å². The van der Waals surface area contributed by atoms with E-state index in [-0.39, 0.29) is 25.4 Å². The van der Waals surface area contributed by atoms with Gasteiger partial charge in [0.1, 0.15) is 0 Å². The zero-order valence-corrected chi connectivity index (χ0v) is 20.5. The number of hydrogen-bond donors (Lipinski definition) is 0. The molecule has 0 aromatic heterocycles. The van der Waals surface area contributed by atoms with Gasteiger partial charge in [0.25, 0.3) is 0 Å². The third-order valence-electron chi connectivity index (χ3n) is 5.32. The van der Waals surface area contributed by atoms with Gasteiger partial charge >= 0.3 is 18.9 Å². The molecular weight excluding hydrogens is 365 g/mol. The molecule has 0 aromatic carbocycles. The Labute approximate surface area is 199 Å². The standard InChI is InChI=1S/C26H49NO2.Li/c1-3-5-7-9-11-13-15-17-19-21-23-27(25-26(28)29)24-22-20-18-16-14-12-10-8-6-4-2;/h13-16H,3-12,17-25H2,1-2H3,(H,28,29);/q;+1/p-1/b15-13+,16-14+;. The fourth-order valence-electron chi connectivity index (χ4n) is 3.50. The van der Waals surface area contributed by atoms with Crippen LogP contribution in [0, 0.1) is 0 Å². The number of aliphatic carboxylic acids is 1. The minimum Gasteiger partial charge on any atom is -0.549 e. The van der Waals surface area contributed by atoms with Gasteiger partial charge in [-0.05, 0) is 77.3 Å². The fourth-order valence-corrected chi connectivity index (χ4v) is 3.50. The Morgan fingerprint density at radius 3 is 1.33 bits per heavy atom. The Kier molecular flexibility index (Phi) is 28.0. The average molecular weight is 414 g/mol. The van der Waals surface area contributed by atoms with Crippen LogP contribution in [0.25, 0.3) is 0 Å².